The third kappa shape index (κ3) is 4.59. The summed E-state index contributed by atoms with van der Waals surface area (Å²) in [6, 6.07) is 21.1. The molecule has 0 fully saturated rings. The second-order valence-corrected chi connectivity index (χ2v) is 4.67. The number of benzene rings is 2. The molecular weight excluding hydrogens is 228 g/mol. The van der Waals surface area contributed by atoms with Gasteiger partial charge in [-0.15, -0.1) is 0 Å². The van der Waals surface area contributed by atoms with Gasteiger partial charge in [0, 0.05) is 0 Å². The third-order valence-corrected chi connectivity index (χ3v) is 3.19. The summed E-state index contributed by atoms with van der Waals surface area (Å²) in [5, 5.41) is 0. The van der Waals surface area contributed by atoms with Gasteiger partial charge in [-0.1, -0.05) is 79.4 Å². The molecule has 0 N–H and O–H groups in total. The zero-order chi connectivity index (χ0) is 13.3. The molecule has 0 unspecified atom stereocenters. The largest absolute Gasteiger partial charge is 0.0988 e. The average Bonchev–Trinajstić information content (AvgIpc) is 2.48. The van der Waals surface area contributed by atoms with Crippen molar-refractivity contribution in [3.8, 4) is 0 Å². The Morgan fingerprint density at radius 1 is 0.895 bits per heavy atom. The predicted molar refractivity (Wildman–Crippen MR) is 84.0 cm³/mol. The number of allylic oxidation sites excluding steroid dienone is 2. The van der Waals surface area contributed by atoms with Crippen LogP contribution >= 0.6 is 0 Å². The molecule has 0 heteroatoms. The molecule has 2 aromatic carbocycles. The van der Waals surface area contributed by atoms with Crippen LogP contribution in [0.2, 0.25) is 0 Å². The Balaban J connectivity index is 1.90. The van der Waals surface area contributed by atoms with Gasteiger partial charge in [0.25, 0.3) is 0 Å². The molecule has 96 valence electrons. The summed E-state index contributed by atoms with van der Waals surface area (Å²) in [7, 11) is 0. The van der Waals surface area contributed by atoms with Gasteiger partial charge in [-0.3, -0.25) is 0 Å². The molecule has 0 atom stereocenters. The quantitative estimate of drug-likeness (QED) is 0.610. The van der Waals surface area contributed by atoms with Crippen molar-refractivity contribution in [2.75, 3.05) is 0 Å². The Morgan fingerprint density at radius 3 is 2.16 bits per heavy atom. The molecule has 0 saturated heterocycles. The minimum absolute atomic E-state index is 1.08. The third-order valence-electron chi connectivity index (χ3n) is 3.19. The van der Waals surface area contributed by atoms with E-state index in [1.807, 2.05) is 12.1 Å². The van der Waals surface area contributed by atoms with Crippen molar-refractivity contribution >= 4 is 6.08 Å². The molecule has 0 aliphatic heterocycles. The maximum atomic E-state index is 3.91. The van der Waals surface area contributed by atoms with Gasteiger partial charge < -0.3 is 0 Å². The van der Waals surface area contributed by atoms with Crippen molar-refractivity contribution in [2.24, 2.45) is 0 Å². The topological polar surface area (TPSA) is 0 Å². The highest BCUT2D eigenvalue weighted by Crippen LogP contribution is 2.14. The minimum atomic E-state index is 1.08. The fourth-order valence-electron chi connectivity index (χ4n) is 2.14. The smallest absolute Gasteiger partial charge is 0.0254 e. The van der Waals surface area contributed by atoms with Crippen LogP contribution < -0.4 is 0 Å². The first kappa shape index (κ1) is 13.4. The van der Waals surface area contributed by atoms with Gasteiger partial charge in [-0.25, -0.2) is 0 Å². The molecule has 0 bridgehead atoms. The number of hydrogen-bond acceptors (Lipinski definition) is 0. The summed E-state index contributed by atoms with van der Waals surface area (Å²) in [5.41, 5.74) is 3.96. The monoisotopic (exact) mass is 248 g/mol. The van der Waals surface area contributed by atoms with E-state index in [0.717, 1.165) is 19.3 Å². The zero-order valence-electron chi connectivity index (χ0n) is 11.3. The van der Waals surface area contributed by atoms with Crippen LogP contribution in [-0.4, -0.2) is 0 Å². The van der Waals surface area contributed by atoms with Crippen LogP contribution in [-0.2, 0) is 6.42 Å². The van der Waals surface area contributed by atoms with Gasteiger partial charge in [0.1, 0.15) is 0 Å². The molecular formula is C19H20. The molecule has 0 spiro atoms. The van der Waals surface area contributed by atoms with Gasteiger partial charge in [0.05, 0.1) is 0 Å². The molecule has 0 aromatic heterocycles. The first-order chi connectivity index (χ1) is 9.38. The van der Waals surface area contributed by atoms with Crippen molar-refractivity contribution < 1.29 is 0 Å². The van der Waals surface area contributed by atoms with Crippen LogP contribution in [0.15, 0.2) is 78.9 Å². The lowest BCUT2D eigenvalue weighted by atomic mass is 10.0. The normalized spacial score (nSPS) is 11.3. The van der Waals surface area contributed by atoms with E-state index < -0.39 is 0 Å². The molecule has 0 saturated carbocycles. The van der Waals surface area contributed by atoms with Crippen molar-refractivity contribution in [2.45, 2.75) is 19.3 Å². The van der Waals surface area contributed by atoms with E-state index in [4.69, 9.17) is 0 Å². The van der Waals surface area contributed by atoms with Gasteiger partial charge in [-0.05, 0) is 36.0 Å². The van der Waals surface area contributed by atoms with Crippen LogP contribution in [0.1, 0.15) is 24.0 Å². The molecule has 0 heterocycles. The summed E-state index contributed by atoms with van der Waals surface area (Å²) in [6.07, 6.45) is 7.55. The van der Waals surface area contributed by atoms with E-state index >= 15 is 0 Å². The van der Waals surface area contributed by atoms with Gasteiger partial charge in [-0.2, -0.15) is 0 Å². The molecule has 0 nitrogen and oxygen atoms in total. The highest BCUT2D eigenvalue weighted by atomic mass is 14.0. The van der Waals surface area contributed by atoms with E-state index in [2.05, 4.69) is 67.3 Å². The molecule has 0 amide bonds. The Kier molecular flexibility index (Phi) is 5.18. The van der Waals surface area contributed by atoms with Crippen LogP contribution in [0.4, 0.5) is 0 Å². The van der Waals surface area contributed by atoms with E-state index in [9.17, 15) is 0 Å². The molecule has 0 radical (unpaired) electrons. The predicted octanol–water partition coefficient (Wildman–Crippen LogP) is 5.28. The minimum Gasteiger partial charge on any atom is -0.0988 e. The summed E-state index contributed by atoms with van der Waals surface area (Å²) in [4.78, 5) is 0. The van der Waals surface area contributed by atoms with Crippen molar-refractivity contribution in [1.82, 2.24) is 0 Å². The van der Waals surface area contributed by atoms with Gasteiger partial charge >= 0.3 is 0 Å². The molecule has 0 aliphatic rings. The van der Waals surface area contributed by atoms with Crippen molar-refractivity contribution in [3.63, 3.8) is 0 Å². The average molecular weight is 248 g/mol. The van der Waals surface area contributed by atoms with E-state index in [-0.39, 0.29) is 0 Å². The fraction of sp³-hybridized carbons (Fsp3) is 0.158. The SMILES string of the molecule is C=C/C(=C\c1ccccc1)CCCc1ccccc1. The number of hydrogen-bond donors (Lipinski definition) is 0. The van der Waals surface area contributed by atoms with Crippen LogP contribution in [0.5, 0.6) is 0 Å². The Bertz CT molecular complexity index is 520. The van der Waals surface area contributed by atoms with Gasteiger partial charge in [0.2, 0.25) is 0 Å². The Labute approximate surface area is 116 Å². The van der Waals surface area contributed by atoms with Crippen LogP contribution in [0, 0.1) is 0 Å². The maximum Gasteiger partial charge on any atom is -0.0254 e. The van der Waals surface area contributed by atoms with Crippen molar-refractivity contribution in [1.29, 1.82) is 0 Å². The van der Waals surface area contributed by atoms with Crippen molar-refractivity contribution in [3.05, 3.63) is 90.0 Å². The highest BCUT2D eigenvalue weighted by Gasteiger charge is 1.96. The first-order valence-electron chi connectivity index (χ1n) is 6.80. The standard InChI is InChI=1S/C19H20/c1-2-17(16-19-12-7-4-8-13-19)14-9-15-18-10-5-3-6-11-18/h2-8,10-13,16H,1,9,14-15H2/b17-16+. The number of rotatable bonds is 6. The van der Waals surface area contributed by atoms with Gasteiger partial charge in [0.15, 0.2) is 0 Å². The summed E-state index contributed by atoms with van der Waals surface area (Å²) in [5.74, 6) is 0. The van der Waals surface area contributed by atoms with Crippen LogP contribution in [0.3, 0.4) is 0 Å². The van der Waals surface area contributed by atoms with E-state index in [1.54, 1.807) is 0 Å². The molecule has 2 rings (SSSR count). The molecule has 0 aliphatic carbocycles. The lowest BCUT2D eigenvalue weighted by Crippen LogP contribution is -1.87. The highest BCUT2D eigenvalue weighted by molar-refractivity contribution is 5.55. The fourth-order valence-corrected chi connectivity index (χ4v) is 2.14. The van der Waals surface area contributed by atoms with E-state index in [0.29, 0.717) is 0 Å². The summed E-state index contributed by atoms with van der Waals surface area (Å²) < 4.78 is 0. The maximum absolute atomic E-state index is 3.91. The second kappa shape index (κ2) is 7.38. The molecule has 19 heavy (non-hydrogen) atoms. The van der Waals surface area contributed by atoms with Crippen LogP contribution in [0.25, 0.3) is 6.08 Å². The van der Waals surface area contributed by atoms with E-state index in [1.165, 1.54) is 16.7 Å². The lowest BCUT2D eigenvalue weighted by molar-refractivity contribution is 0.827. The summed E-state index contributed by atoms with van der Waals surface area (Å²) in [6.45, 7) is 3.91. The summed E-state index contributed by atoms with van der Waals surface area (Å²) >= 11 is 0. The number of aryl methyl sites for hydroxylation is 1. The second-order valence-electron chi connectivity index (χ2n) is 4.67. The zero-order valence-corrected chi connectivity index (χ0v) is 11.3. The molecule has 2 aromatic rings. The first-order valence-corrected chi connectivity index (χ1v) is 6.80. The Hall–Kier alpha value is -2.08. The Morgan fingerprint density at radius 2 is 1.53 bits per heavy atom. The lowest BCUT2D eigenvalue weighted by Gasteiger charge is -2.03.